The highest BCUT2D eigenvalue weighted by Gasteiger charge is 2.18. The van der Waals surface area contributed by atoms with Gasteiger partial charge in [-0.25, -0.2) is 0 Å². The second-order valence-corrected chi connectivity index (χ2v) is 6.36. The van der Waals surface area contributed by atoms with E-state index in [1.165, 1.54) is 11.3 Å². The molecule has 19 heavy (non-hydrogen) atoms. The third-order valence-electron chi connectivity index (χ3n) is 2.83. The molecule has 0 N–H and O–H groups in total. The Morgan fingerprint density at radius 3 is 2.63 bits per heavy atom. The van der Waals surface area contributed by atoms with Crippen LogP contribution in [0.1, 0.15) is 32.6 Å². The molecule has 2 aromatic rings. The third kappa shape index (κ3) is 3.07. The van der Waals surface area contributed by atoms with Crippen molar-refractivity contribution >= 4 is 33.0 Å². The Balaban J connectivity index is 2.46. The highest BCUT2D eigenvalue weighted by Crippen LogP contribution is 2.32. The quantitative estimate of drug-likeness (QED) is 0.760. The van der Waals surface area contributed by atoms with Crippen LogP contribution < -0.4 is 4.74 Å². The standard InChI is InChI=1S/C15H15BrO2S/c1-4-12-8-13(18-3)15(19-12)14(17)10-5-9(2)6-11(16)7-10/h5-8H,4H2,1-3H3. The number of methoxy groups -OCH3 is 1. The number of ether oxygens (including phenoxy) is 1. The summed E-state index contributed by atoms with van der Waals surface area (Å²) in [6.07, 6.45) is 0.909. The number of hydrogen-bond donors (Lipinski definition) is 0. The average molecular weight is 339 g/mol. The number of thiophene rings is 1. The van der Waals surface area contributed by atoms with Gasteiger partial charge in [0.2, 0.25) is 5.78 Å². The van der Waals surface area contributed by atoms with Gasteiger partial charge in [0.15, 0.2) is 0 Å². The van der Waals surface area contributed by atoms with E-state index in [-0.39, 0.29) is 5.78 Å². The topological polar surface area (TPSA) is 26.3 Å². The molecule has 1 heterocycles. The molecule has 1 aromatic heterocycles. The minimum atomic E-state index is 0.0194. The van der Waals surface area contributed by atoms with Crippen molar-refractivity contribution in [3.05, 3.63) is 49.6 Å². The summed E-state index contributed by atoms with van der Waals surface area (Å²) in [6.45, 7) is 4.05. The summed E-state index contributed by atoms with van der Waals surface area (Å²) in [5, 5.41) is 0. The maximum atomic E-state index is 12.6. The number of hydrogen-bond acceptors (Lipinski definition) is 3. The zero-order chi connectivity index (χ0) is 14.0. The molecule has 4 heteroatoms. The molecule has 0 aliphatic carbocycles. The Labute approximate surface area is 125 Å². The molecular formula is C15H15BrO2S. The van der Waals surface area contributed by atoms with E-state index in [0.29, 0.717) is 16.2 Å². The van der Waals surface area contributed by atoms with Gasteiger partial charge < -0.3 is 4.74 Å². The molecule has 0 aliphatic heterocycles. The summed E-state index contributed by atoms with van der Waals surface area (Å²) in [4.78, 5) is 14.4. The van der Waals surface area contributed by atoms with Gasteiger partial charge in [0, 0.05) is 14.9 Å². The molecule has 0 radical (unpaired) electrons. The van der Waals surface area contributed by atoms with E-state index < -0.39 is 0 Å². The zero-order valence-electron chi connectivity index (χ0n) is 11.1. The van der Waals surface area contributed by atoms with Gasteiger partial charge >= 0.3 is 0 Å². The van der Waals surface area contributed by atoms with Crippen LogP contribution in [0.15, 0.2) is 28.7 Å². The first-order valence-electron chi connectivity index (χ1n) is 6.03. The van der Waals surface area contributed by atoms with Crippen molar-refractivity contribution in [2.45, 2.75) is 20.3 Å². The highest BCUT2D eigenvalue weighted by atomic mass is 79.9. The van der Waals surface area contributed by atoms with Crippen molar-refractivity contribution in [3.63, 3.8) is 0 Å². The summed E-state index contributed by atoms with van der Waals surface area (Å²) < 4.78 is 6.23. The monoisotopic (exact) mass is 338 g/mol. The third-order valence-corrected chi connectivity index (χ3v) is 4.55. The van der Waals surface area contributed by atoms with Crippen molar-refractivity contribution in [3.8, 4) is 5.75 Å². The molecule has 0 unspecified atom stereocenters. The lowest BCUT2D eigenvalue weighted by Gasteiger charge is -2.04. The van der Waals surface area contributed by atoms with E-state index in [4.69, 9.17) is 4.74 Å². The molecule has 0 saturated heterocycles. The molecule has 0 bridgehead atoms. The van der Waals surface area contributed by atoms with Gasteiger partial charge in [-0.1, -0.05) is 22.9 Å². The van der Waals surface area contributed by atoms with Crippen molar-refractivity contribution in [1.82, 2.24) is 0 Å². The van der Waals surface area contributed by atoms with Crippen LogP contribution in [0.4, 0.5) is 0 Å². The lowest BCUT2D eigenvalue weighted by Crippen LogP contribution is -2.01. The average Bonchev–Trinajstić information content (AvgIpc) is 2.80. The zero-order valence-corrected chi connectivity index (χ0v) is 13.5. The Morgan fingerprint density at radius 1 is 1.32 bits per heavy atom. The van der Waals surface area contributed by atoms with Gasteiger partial charge in [-0.3, -0.25) is 4.79 Å². The van der Waals surface area contributed by atoms with E-state index in [1.807, 2.05) is 31.2 Å². The van der Waals surface area contributed by atoms with Crippen LogP contribution in [-0.2, 0) is 6.42 Å². The molecule has 0 fully saturated rings. The Kier molecular flexibility index (Phi) is 4.42. The maximum absolute atomic E-state index is 12.6. The van der Waals surface area contributed by atoms with E-state index in [0.717, 1.165) is 21.3 Å². The van der Waals surface area contributed by atoms with Crippen LogP contribution in [0.5, 0.6) is 5.75 Å². The molecule has 0 spiro atoms. The fourth-order valence-corrected chi connectivity index (χ4v) is 3.54. The van der Waals surface area contributed by atoms with E-state index in [9.17, 15) is 4.79 Å². The normalized spacial score (nSPS) is 10.5. The lowest BCUT2D eigenvalue weighted by atomic mass is 10.1. The number of carbonyl (C=O) groups excluding carboxylic acids is 1. The summed E-state index contributed by atoms with van der Waals surface area (Å²) in [5.41, 5.74) is 1.75. The summed E-state index contributed by atoms with van der Waals surface area (Å²) in [5.74, 6) is 0.690. The SMILES string of the molecule is CCc1cc(OC)c(C(=O)c2cc(C)cc(Br)c2)s1. The van der Waals surface area contributed by atoms with Crippen molar-refractivity contribution in [2.24, 2.45) is 0 Å². The summed E-state index contributed by atoms with van der Waals surface area (Å²) in [7, 11) is 1.60. The van der Waals surface area contributed by atoms with Gasteiger partial charge in [-0.15, -0.1) is 11.3 Å². The molecular weight excluding hydrogens is 324 g/mol. The van der Waals surface area contributed by atoms with Crippen LogP contribution in [0.25, 0.3) is 0 Å². The molecule has 0 atom stereocenters. The van der Waals surface area contributed by atoms with E-state index >= 15 is 0 Å². The highest BCUT2D eigenvalue weighted by molar-refractivity contribution is 9.10. The van der Waals surface area contributed by atoms with Gasteiger partial charge in [-0.05, 0) is 43.2 Å². The number of aryl methyl sites for hydroxylation is 2. The molecule has 2 rings (SSSR count). The summed E-state index contributed by atoms with van der Waals surface area (Å²) >= 11 is 4.94. The number of rotatable bonds is 4. The molecule has 100 valence electrons. The Hall–Kier alpha value is -1.13. The van der Waals surface area contributed by atoms with Crippen molar-refractivity contribution in [2.75, 3.05) is 7.11 Å². The van der Waals surface area contributed by atoms with Crippen molar-refractivity contribution < 1.29 is 9.53 Å². The molecule has 0 saturated carbocycles. The fraction of sp³-hybridized carbons (Fsp3) is 0.267. The fourth-order valence-electron chi connectivity index (χ4n) is 1.91. The second-order valence-electron chi connectivity index (χ2n) is 4.31. The lowest BCUT2D eigenvalue weighted by molar-refractivity contribution is 0.104. The Morgan fingerprint density at radius 2 is 2.05 bits per heavy atom. The van der Waals surface area contributed by atoms with E-state index in [2.05, 4.69) is 22.9 Å². The van der Waals surface area contributed by atoms with Crippen LogP contribution in [0, 0.1) is 6.92 Å². The van der Waals surface area contributed by atoms with Crippen LogP contribution in [0.3, 0.4) is 0 Å². The molecule has 2 nitrogen and oxygen atoms in total. The van der Waals surface area contributed by atoms with Crippen LogP contribution >= 0.6 is 27.3 Å². The minimum absolute atomic E-state index is 0.0194. The first-order valence-corrected chi connectivity index (χ1v) is 7.64. The van der Waals surface area contributed by atoms with E-state index in [1.54, 1.807) is 7.11 Å². The predicted molar refractivity (Wildman–Crippen MR) is 82.6 cm³/mol. The smallest absolute Gasteiger partial charge is 0.206 e. The molecule has 0 amide bonds. The predicted octanol–water partition coefficient (Wildman–Crippen LogP) is 4.62. The van der Waals surface area contributed by atoms with Crippen LogP contribution in [0.2, 0.25) is 0 Å². The first kappa shape index (κ1) is 14.3. The minimum Gasteiger partial charge on any atom is -0.495 e. The maximum Gasteiger partial charge on any atom is 0.206 e. The largest absolute Gasteiger partial charge is 0.495 e. The molecule has 0 aliphatic rings. The van der Waals surface area contributed by atoms with Gasteiger partial charge in [0.25, 0.3) is 0 Å². The van der Waals surface area contributed by atoms with Gasteiger partial charge in [-0.2, -0.15) is 0 Å². The Bertz CT molecular complexity index is 596. The number of carbonyl (C=O) groups is 1. The second kappa shape index (κ2) is 5.88. The summed E-state index contributed by atoms with van der Waals surface area (Å²) in [6, 6.07) is 7.68. The number of halogens is 1. The van der Waals surface area contributed by atoms with Crippen molar-refractivity contribution in [1.29, 1.82) is 0 Å². The number of benzene rings is 1. The van der Waals surface area contributed by atoms with Gasteiger partial charge in [0.1, 0.15) is 10.6 Å². The first-order chi connectivity index (χ1) is 9.05. The number of ketones is 1. The molecule has 1 aromatic carbocycles. The van der Waals surface area contributed by atoms with Crippen LogP contribution in [-0.4, -0.2) is 12.9 Å². The van der Waals surface area contributed by atoms with Gasteiger partial charge in [0.05, 0.1) is 7.11 Å².